The number of benzene rings is 1. The minimum atomic E-state index is -3.35. The van der Waals surface area contributed by atoms with Gasteiger partial charge in [0.2, 0.25) is 5.91 Å². The number of nitrogens with one attached hydrogen (secondary N) is 2. The highest BCUT2D eigenvalue weighted by molar-refractivity contribution is 7.90. The molecule has 0 radical (unpaired) electrons. The predicted octanol–water partition coefficient (Wildman–Crippen LogP) is 0.895. The molecule has 0 aromatic heterocycles. The number of carbonyl (C=O) groups excluding carboxylic acids is 1. The lowest BCUT2D eigenvalue weighted by Crippen LogP contribution is -2.48. The number of hydrogen-bond acceptors (Lipinski definition) is 5. The van der Waals surface area contributed by atoms with Gasteiger partial charge in [-0.05, 0) is 18.6 Å². The van der Waals surface area contributed by atoms with Crippen molar-refractivity contribution < 1.29 is 17.9 Å². The Kier molecular flexibility index (Phi) is 4.64. The topological polar surface area (TPSA) is 84.5 Å². The van der Waals surface area contributed by atoms with Crippen molar-refractivity contribution in [1.82, 2.24) is 10.9 Å². The van der Waals surface area contributed by atoms with Crippen molar-refractivity contribution in [3.63, 3.8) is 0 Å². The molecule has 0 bridgehead atoms. The van der Waals surface area contributed by atoms with Crippen LogP contribution in [0.1, 0.15) is 18.4 Å². The van der Waals surface area contributed by atoms with E-state index in [1.807, 2.05) is 6.08 Å². The van der Waals surface area contributed by atoms with Crippen molar-refractivity contribution in [2.24, 2.45) is 0 Å². The lowest BCUT2D eigenvalue weighted by Gasteiger charge is -2.21. The summed E-state index contributed by atoms with van der Waals surface area (Å²) in [6.07, 6.45) is 5.80. The van der Waals surface area contributed by atoms with E-state index in [2.05, 4.69) is 10.9 Å². The largest absolute Gasteiger partial charge is 0.496 e. The van der Waals surface area contributed by atoms with Crippen LogP contribution < -0.4 is 15.6 Å². The van der Waals surface area contributed by atoms with Crippen molar-refractivity contribution in [3.05, 3.63) is 29.8 Å². The number of rotatable bonds is 4. The van der Waals surface area contributed by atoms with Gasteiger partial charge >= 0.3 is 0 Å². The molecule has 21 heavy (non-hydrogen) atoms. The molecule has 0 aliphatic carbocycles. The molecule has 1 heterocycles. The third-order valence-electron chi connectivity index (χ3n) is 3.22. The van der Waals surface area contributed by atoms with Gasteiger partial charge in [0.05, 0.1) is 12.0 Å². The normalized spacial score (nSPS) is 19.5. The van der Waals surface area contributed by atoms with Crippen molar-refractivity contribution in [3.8, 4) is 5.75 Å². The number of amides is 1. The molecule has 1 aromatic rings. The highest BCUT2D eigenvalue weighted by atomic mass is 32.2. The molecular formula is C14H18N2O4S. The molecule has 7 heteroatoms. The van der Waals surface area contributed by atoms with E-state index in [4.69, 9.17) is 4.74 Å². The van der Waals surface area contributed by atoms with Gasteiger partial charge in [0.15, 0.2) is 9.84 Å². The number of hydrogen-bond donors (Lipinski definition) is 2. The number of methoxy groups -OCH3 is 1. The summed E-state index contributed by atoms with van der Waals surface area (Å²) in [7, 11) is -1.85. The first-order valence-corrected chi connectivity index (χ1v) is 8.40. The van der Waals surface area contributed by atoms with Crippen LogP contribution in [-0.2, 0) is 14.6 Å². The van der Waals surface area contributed by atoms with Crippen LogP contribution in [0.15, 0.2) is 29.2 Å². The average molecular weight is 310 g/mol. The lowest BCUT2D eigenvalue weighted by molar-refractivity contribution is -0.123. The van der Waals surface area contributed by atoms with Gasteiger partial charge in [-0.3, -0.25) is 10.2 Å². The summed E-state index contributed by atoms with van der Waals surface area (Å²) in [4.78, 5) is 11.3. The Balaban J connectivity index is 2.32. The maximum atomic E-state index is 11.9. The Morgan fingerprint density at radius 1 is 1.38 bits per heavy atom. The second kappa shape index (κ2) is 6.28. The maximum absolute atomic E-state index is 11.9. The molecule has 114 valence electrons. The van der Waals surface area contributed by atoms with Crippen LogP contribution in [0, 0.1) is 0 Å². The number of sulfone groups is 1. The van der Waals surface area contributed by atoms with Gasteiger partial charge in [-0.2, -0.15) is 0 Å². The molecule has 2 rings (SSSR count). The first-order valence-electron chi connectivity index (χ1n) is 6.51. The van der Waals surface area contributed by atoms with Gasteiger partial charge in [-0.25, -0.2) is 13.8 Å². The Labute approximate surface area is 124 Å². The van der Waals surface area contributed by atoms with Crippen LogP contribution >= 0.6 is 0 Å². The highest BCUT2D eigenvalue weighted by Crippen LogP contribution is 2.27. The first-order chi connectivity index (χ1) is 9.91. The fraction of sp³-hybridized carbons (Fsp3) is 0.357. The summed E-state index contributed by atoms with van der Waals surface area (Å²) in [5.74, 6) is 0.447. The van der Waals surface area contributed by atoms with E-state index in [9.17, 15) is 13.2 Å². The van der Waals surface area contributed by atoms with Crippen LogP contribution in [-0.4, -0.2) is 33.7 Å². The molecule has 1 amide bonds. The zero-order valence-corrected chi connectivity index (χ0v) is 12.7. The number of hydrazine groups is 1. The van der Waals surface area contributed by atoms with Gasteiger partial charge in [0.25, 0.3) is 0 Å². The Hall–Kier alpha value is -1.86. The second-order valence-electron chi connectivity index (χ2n) is 4.84. The number of carbonyl (C=O) groups is 1. The molecule has 1 saturated heterocycles. The third kappa shape index (κ3) is 3.83. The molecular weight excluding hydrogens is 292 g/mol. The van der Waals surface area contributed by atoms with Crippen LogP contribution in [0.5, 0.6) is 5.75 Å². The van der Waals surface area contributed by atoms with Gasteiger partial charge in [0, 0.05) is 24.3 Å². The van der Waals surface area contributed by atoms with Gasteiger partial charge < -0.3 is 4.74 Å². The lowest BCUT2D eigenvalue weighted by atomic mass is 10.1. The molecule has 6 nitrogen and oxygen atoms in total. The zero-order chi connectivity index (χ0) is 15.5. The molecule has 1 fully saturated rings. The van der Waals surface area contributed by atoms with Crippen molar-refractivity contribution in [2.75, 3.05) is 13.4 Å². The van der Waals surface area contributed by atoms with E-state index >= 15 is 0 Å². The minimum Gasteiger partial charge on any atom is -0.496 e. The van der Waals surface area contributed by atoms with Crippen LogP contribution in [0.2, 0.25) is 0 Å². The van der Waals surface area contributed by atoms with E-state index in [-0.39, 0.29) is 16.8 Å². The molecule has 1 unspecified atom stereocenters. The summed E-state index contributed by atoms with van der Waals surface area (Å²) >= 11 is 0. The Bertz CT molecular complexity index is 658. The summed E-state index contributed by atoms with van der Waals surface area (Å²) in [5.41, 5.74) is 5.93. The fourth-order valence-electron chi connectivity index (χ4n) is 2.14. The van der Waals surface area contributed by atoms with Crippen LogP contribution in [0.4, 0.5) is 0 Å². The summed E-state index contributed by atoms with van der Waals surface area (Å²) in [6, 6.07) is 4.86. The van der Waals surface area contributed by atoms with Crippen molar-refractivity contribution >= 4 is 21.8 Å². The average Bonchev–Trinajstić information content (AvgIpc) is 2.45. The second-order valence-corrected chi connectivity index (χ2v) is 6.83. The van der Waals surface area contributed by atoms with Crippen LogP contribution in [0.25, 0.3) is 6.08 Å². The maximum Gasteiger partial charge on any atom is 0.234 e. The third-order valence-corrected chi connectivity index (χ3v) is 4.38. The molecule has 1 aliphatic heterocycles. The van der Waals surface area contributed by atoms with E-state index in [0.29, 0.717) is 24.2 Å². The molecule has 1 aromatic carbocycles. The Morgan fingerprint density at radius 2 is 2.14 bits per heavy atom. The van der Waals surface area contributed by atoms with Crippen molar-refractivity contribution in [2.45, 2.75) is 23.8 Å². The monoisotopic (exact) mass is 310 g/mol. The standard InChI is InChI=1S/C14H18N2O4S/c1-20-12-4-3-5-13(21(2,18)19)11(12)8-6-10-7-9-14(17)16-15-10/h3-6,8,10,15H,7,9H2,1-2H3,(H,16,17)/b8-6+. The Morgan fingerprint density at radius 3 is 2.71 bits per heavy atom. The van der Waals surface area contributed by atoms with Gasteiger partial charge in [0.1, 0.15) is 5.75 Å². The predicted molar refractivity (Wildman–Crippen MR) is 79.4 cm³/mol. The zero-order valence-electron chi connectivity index (χ0n) is 11.9. The van der Waals surface area contributed by atoms with E-state index in [1.54, 1.807) is 24.3 Å². The quantitative estimate of drug-likeness (QED) is 0.863. The fourth-order valence-corrected chi connectivity index (χ4v) is 3.03. The molecule has 2 N–H and O–H groups in total. The van der Waals surface area contributed by atoms with Gasteiger partial charge in [-0.15, -0.1) is 0 Å². The summed E-state index contributed by atoms with van der Waals surface area (Å²) < 4.78 is 28.9. The summed E-state index contributed by atoms with van der Waals surface area (Å²) in [5, 5.41) is 0. The smallest absolute Gasteiger partial charge is 0.234 e. The van der Waals surface area contributed by atoms with Crippen molar-refractivity contribution in [1.29, 1.82) is 0 Å². The molecule has 0 spiro atoms. The molecule has 1 aliphatic rings. The van der Waals surface area contributed by atoms with E-state index in [1.165, 1.54) is 7.11 Å². The summed E-state index contributed by atoms with van der Waals surface area (Å²) in [6.45, 7) is 0. The highest BCUT2D eigenvalue weighted by Gasteiger charge is 2.17. The van der Waals surface area contributed by atoms with Crippen LogP contribution in [0.3, 0.4) is 0 Å². The molecule has 1 atom stereocenters. The van der Waals surface area contributed by atoms with Gasteiger partial charge in [-0.1, -0.05) is 18.2 Å². The first kappa shape index (κ1) is 15.5. The van der Waals surface area contributed by atoms with E-state index < -0.39 is 9.84 Å². The minimum absolute atomic E-state index is 0.0416. The number of ether oxygens (including phenoxy) is 1. The molecule has 0 saturated carbocycles. The SMILES string of the molecule is COc1cccc(S(C)(=O)=O)c1/C=C/C1CCC(=O)NN1. The van der Waals surface area contributed by atoms with E-state index in [0.717, 1.165) is 6.26 Å².